The van der Waals surface area contributed by atoms with E-state index in [-0.39, 0.29) is 0 Å². The molecule has 3 heteroatoms. The van der Waals surface area contributed by atoms with E-state index >= 15 is 0 Å². The zero-order valence-electron chi connectivity index (χ0n) is 10.4. The fourth-order valence-corrected chi connectivity index (χ4v) is 1.77. The van der Waals surface area contributed by atoms with Crippen molar-refractivity contribution in [1.82, 2.24) is 4.98 Å². The van der Waals surface area contributed by atoms with E-state index in [0.717, 1.165) is 24.2 Å². The maximum Gasteiger partial charge on any atom is 0.0992 e. The lowest BCUT2D eigenvalue weighted by Gasteiger charge is -2.09. The van der Waals surface area contributed by atoms with Gasteiger partial charge in [0.15, 0.2) is 0 Å². The predicted octanol–water partition coefficient (Wildman–Crippen LogP) is 2.92. The molecule has 0 saturated heterocycles. The van der Waals surface area contributed by atoms with Crippen LogP contribution in [0.5, 0.6) is 0 Å². The van der Waals surface area contributed by atoms with Gasteiger partial charge in [0.2, 0.25) is 0 Å². The largest absolute Gasteiger partial charge is 0.384 e. The molecule has 0 amide bonds. The number of aromatic nitrogens is 1. The molecule has 0 aliphatic heterocycles. The van der Waals surface area contributed by atoms with Crippen LogP contribution in [-0.4, -0.2) is 11.5 Å². The Morgan fingerprint density at radius 3 is 2.72 bits per heavy atom. The average Bonchev–Trinajstić information content (AvgIpc) is 2.42. The zero-order chi connectivity index (χ0) is 12.8. The normalized spacial score (nSPS) is 9.78. The van der Waals surface area contributed by atoms with Crippen LogP contribution < -0.4 is 5.32 Å². The minimum atomic E-state index is 0.687. The second kappa shape index (κ2) is 5.83. The van der Waals surface area contributed by atoms with Crippen LogP contribution in [0, 0.1) is 18.3 Å². The summed E-state index contributed by atoms with van der Waals surface area (Å²) in [5, 5.41) is 12.2. The molecule has 0 unspecified atom stereocenters. The van der Waals surface area contributed by atoms with Crippen molar-refractivity contribution in [2.75, 3.05) is 11.9 Å². The topological polar surface area (TPSA) is 48.7 Å². The van der Waals surface area contributed by atoms with Crippen LogP contribution in [0.4, 0.5) is 5.69 Å². The number of pyridine rings is 1. The Hall–Kier alpha value is -2.34. The molecule has 1 aromatic heterocycles. The minimum absolute atomic E-state index is 0.687. The highest BCUT2D eigenvalue weighted by atomic mass is 14.9. The highest BCUT2D eigenvalue weighted by molar-refractivity contribution is 5.55. The first-order valence-corrected chi connectivity index (χ1v) is 5.93. The van der Waals surface area contributed by atoms with Crippen LogP contribution in [-0.2, 0) is 6.42 Å². The Kier molecular flexibility index (Phi) is 3.93. The standard InChI is InChI=1S/C15H15N3/c1-12-2-3-14(11-16)10-15(12)18-9-6-13-4-7-17-8-5-13/h2-5,7-8,10,18H,6,9H2,1H3. The van der Waals surface area contributed by atoms with Gasteiger partial charge in [0, 0.05) is 24.6 Å². The molecule has 1 heterocycles. The second-order valence-corrected chi connectivity index (χ2v) is 4.17. The molecule has 0 radical (unpaired) electrons. The zero-order valence-corrected chi connectivity index (χ0v) is 10.4. The summed E-state index contributed by atoms with van der Waals surface area (Å²) in [5.74, 6) is 0. The van der Waals surface area contributed by atoms with Gasteiger partial charge in [-0.2, -0.15) is 5.26 Å². The summed E-state index contributed by atoms with van der Waals surface area (Å²) in [4.78, 5) is 3.99. The molecule has 0 aliphatic rings. The number of rotatable bonds is 4. The maximum atomic E-state index is 8.87. The van der Waals surface area contributed by atoms with Crippen molar-refractivity contribution in [2.24, 2.45) is 0 Å². The molecule has 90 valence electrons. The molecule has 0 saturated carbocycles. The van der Waals surface area contributed by atoms with E-state index in [0.29, 0.717) is 5.56 Å². The smallest absolute Gasteiger partial charge is 0.0992 e. The van der Waals surface area contributed by atoms with Crippen LogP contribution in [0.25, 0.3) is 0 Å². The van der Waals surface area contributed by atoms with E-state index in [1.165, 1.54) is 5.56 Å². The first-order chi connectivity index (χ1) is 8.79. The molecule has 0 bridgehead atoms. The van der Waals surface area contributed by atoms with Crippen molar-refractivity contribution in [3.8, 4) is 6.07 Å². The fourth-order valence-electron chi connectivity index (χ4n) is 1.77. The van der Waals surface area contributed by atoms with Crippen molar-refractivity contribution < 1.29 is 0 Å². The van der Waals surface area contributed by atoms with Gasteiger partial charge >= 0.3 is 0 Å². The Morgan fingerprint density at radius 1 is 1.22 bits per heavy atom. The Balaban J connectivity index is 1.96. The molecule has 3 nitrogen and oxygen atoms in total. The fraction of sp³-hybridized carbons (Fsp3) is 0.200. The molecule has 18 heavy (non-hydrogen) atoms. The SMILES string of the molecule is Cc1ccc(C#N)cc1NCCc1ccncc1. The number of nitrogens with one attached hydrogen (secondary N) is 1. The van der Waals surface area contributed by atoms with E-state index in [2.05, 4.69) is 16.4 Å². The highest BCUT2D eigenvalue weighted by Crippen LogP contribution is 2.16. The van der Waals surface area contributed by atoms with Crippen molar-refractivity contribution in [1.29, 1.82) is 5.26 Å². The molecular weight excluding hydrogens is 222 g/mol. The second-order valence-electron chi connectivity index (χ2n) is 4.17. The van der Waals surface area contributed by atoms with Gasteiger partial charge < -0.3 is 5.32 Å². The van der Waals surface area contributed by atoms with Crippen molar-refractivity contribution in [3.05, 3.63) is 59.4 Å². The van der Waals surface area contributed by atoms with Gasteiger partial charge in [-0.05, 0) is 48.7 Å². The average molecular weight is 237 g/mol. The van der Waals surface area contributed by atoms with Gasteiger partial charge in [-0.25, -0.2) is 0 Å². The first kappa shape index (κ1) is 12.1. The Bertz CT molecular complexity index is 556. The lowest BCUT2D eigenvalue weighted by Crippen LogP contribution is -2.06. The van der Waals surface area contributed by atoms with Crippen molar-refractivity contribution in [2.45, 2.75) is 13.3 Å². The number of aryl methyl sites for hydroxylation is 1. The number of nitrogens with zero attached hydrogens (tertiary/aromatic N) is 2. The third kappa shape index (κ3) is 3.08. The minimum Gasteiger partial charge on any atom is -0.384 e. The van der Waals surface area contributed by atoms with Gasteiger partial charge in [-0.1, -0.05) is 6.07 Å². The van der Waals surface area contributed by atoms with E-state index in [1.54, 1.807) is 12.4 Å². The van der Waals surface area contributed by atoms with Gasteiger partial charge in [-0.15, -0.1) is 0 Å². The summed E-state index contributed by atoms with van der Waals surface area (Å²) in [5.41, 5.74) is 4.13. The Morgan fingerprint density at radius 2 is 2.00 bits per heavy atom. The summed E-state index contributed by atoms with van der Waals surface area (Å²) in [7, 11) is 0. The van der Waals surface area contributed by atoms with Crippen LogP contribution in [0.15, 0.2) is 42.7 Å². The predicted molar refractivity (Wildman–Crippen MR) is 72.3 cm³/mol. The Labute approximate surface area is 107 Å². The number of benzene rings is 1. The molecule has 1 N–H and O–H groups in total. The summed E-state index contributed by atoms with van der Waals surface area (Å²) >= 11 is 0. The van der Waals surface area contributed by atoms with Crippen molar-refractivity contribution >= 4 is 5.69 Å². The van der Waals surface area contributed by atoms with E-state index in [1.807, 2.05) is 37.3 Å². The third-order valence-corrected chi connectivity index (χ3v) is 2.85. The molecular formula is C15H15N3. The lowest BCUT2D eigenvalue weighted by atomic mass is 10.1. The molecule has 2 aromatic rings. The van der Waals surface area contributed by atoms with Crippen LogP contribution >= 0.6 is 0 Å². The number of nitriles is 1. The lowest BCUT2D eigenvalue weighted by molar-refractivity contribution is 1.01. The van der Waals surface area contributed by atoms with Crippen LogP contribution in [0.1, 0.15) is 16.7 Å². The van der Waals surface area contributed by atoms with Gasteiger partial charge in [0.25, 0.3) is 0 Å². The number of anilines is 1. The quantitative estimate of drug-likeness (QED) is 0.889. The van der Waals surface area contributed by atoms with Gasteiger partial charge in [0.05, 0.1) is 11.6 Å². The summed E-state index contributed by atoms with van der Waals surface area (Å²) in [6, 6.07) is 11.9. The molecule has 0 spiro atoms. The van der Waals surface area contributed by atoms with Crippen molar-refractivity contribution in [3.63, 3.8) is 0 Å². The number of hydrogen-bond donors (Lipinski definition) is 1. The summed E-state index contributed by atoms with van der Waals surface area (Å²) in [6.45, 7) is 2.88. The molecule has 0 aliphatic carbocycles. The monoisotopic (exact) mass is 237 g/mol. The molecule has 0 atom stereocenters. The summed E-state index contributed by atoms with van der Waals surface area (Å²) < 4.78 is 0. The molecule has 1 aromatic carbocycles. The summed E-state index contributed by atoms with van der Waals surface area (Å²) in [6.07, 6.45) is 4.55. The van der Waals surface area contributed by atoms with E-state index < -0.39 is 0 Å². The highest BCUT2D eigenvalue weighted by Gasteiger charge is 1.99. The van der Waals surface area contributed by atoms with Gasteiger partial charge in [0.1, 0.15) is 0 Å². The molecule has 2 rings (SSSR count). The van der Waals surface area contributed by atoms with Gasteiger partial charge in [-0.3, -0.25) is 4.98 Å². The van der Waals surface area contributed by atoms with Crippen LogP contribution in [0.2, 0.25) is 0 Å². The van der Waals surface area contributed by atoms with E-state index in [4.69, 9.17) is 5.26 Å². The third-order valence-electron chi connectivity index (χ3n) is 2.85. The maximum absolute atomic E-state index is 8.87. The molecule has 0 fully saturated rings. The van der Waals surface area contributed by atoms with E-state index in [9.17, 15) is 0 Å². The van der Waals surface area contributed by atoms with Crippen LogP contribution in [0.3, 0.4) is 0 Å². The first-order valence-electron chi connectivity index (χ1n) is 5.93. The number of hydrogen-bond acceptors (Lipinski definition) is 3.